The first kappa shape index (κ1) is 21.5. The molecule has 170 valence electrons. The Morgan fingerprint density at radius 1 is 0.853 bits per heavy atom. The van der Waals surface area contributed by atoms with Gasteiger partial charge in [-0.25, -0.2) is 0 Å². The Hall–Kier alpha value is -4.30. The summed E-state index contributed by atoms with van der Waals surface area (Å²) in [4.78, 5) is 39.6. The topological polar surface area (TPSA) is 102 Å². The Labute approximate surface area is 195 Å². The van der Waals surface area contributed by atoms with Gasteiger partial charge < -0.3 is 15.0 Å². The number of amides is 2. The summed E-state index contributed by atoms with van der Waals surface area (Å²) >= 11 is 0. The molecule has 8 nitrogen and oxygen atoms in total. The number of morpholine rings is 1. The molecule has 5 rings (SSSR count). The summed E-state index contributed by atoms with van der Waals surface area (Å²) in [6, 6.07) is 20.7. The lowest BCUT2D eigenvalue weighted by molar-refractivity contribution is -0.384. The number of hydrogen-bond donors (Lipinski definition) is 1. The van der Waals surface area contributed by atoms with E-state index in [2.05, 4.69) is 5.32 Å². The first-order valence-electron chi connectivity index (χ1n) is 10.9. The number of nitro benzene ring substituents is 1. The zero-order chi connectivity index (χ0) is 23.7. The highest BCUT2D eigenvalue weighted by Gasteiger charge is 2.33. The van der Waals surface area contributed by atoms with Gasteiger partial charge in [0.15, 0.2) is 0 Å². The van der Waals surface area contributed by atoms with Gasteiger partial charge >= 0.3 is 0 Å². The monoisotopic (exact) mass is 455 g/mol. The average Bonchev–Trinajstić information content (AvgIpc) is 3.21. The molecule has 1 N–H and O–H groups in total. The number of nitro groups is 1. The maximum Gasteiger partial charge on any atom is 0.271 e. The molecule has 0 radical (unpaired) electrons. The van der Waals surface area contributed by atoms with Crippen molar-refractivity contribution in [1.29, 1.82) is 0 Å². The molecule has 0 spiro atoms. The van der Waals surface area contributed by atoms with Crippen LogP contribution in [0.2, 0.25) is 0 Å². The molecule has 2 aliphatic rings. The van der Waals surface area contributed by atoms with Crippen LogP contribution >= 0.6 is 0 Å². The van der Waals surface area contributed by atoms with Crippen LogP contribution in [0.5, 0.6) is 0 Å². The van der Waals surface area contributed by atoms with Crippen molar-refractivity contribution in [3.8, 4) is 11.1 Å². The van der Waals surface area contributed by atoms with Crippen molar-refractivity contribution in [1.82, 2.24) is 10.2 Å². The number of nitrogens with one attached hydrogen (secondary N) is 1. The lowest BCUT2D eigenvalue weighted by Gasteiger charge is -2.28. The van der Waals surface area contributed by atoms with E-state index in [4.69, 9.17) is 4.74 Å². The van der Waals surface area contributed by atoms with E-state index in [0.29, 0.717) is 43.0 Å². The van der Waals surface area contributed by atoms with Crippen LogP contribution in [0.25, 0.3) is 16.7 Å². The van der Waals surface area contributed by atoms with Gasteiger partial charge in [-0.05, 0) is 40.5 Å². The van der Waals surface area contributed by atoms with E-state index < -0.39 is 10.8 Å². The van der Waals surface area contributed by atoms with Gasteiger partial charge in [-0.1, -0.05) is 42.5 Å². The largest absolute Gasteiger partial charge is 0.378 e. The molecule has 0 unspecified atom stereocenters. The summed E-state index contributed by atoms with van der Waals surface area (Å²) in [5.41, 5.74) is 3.81. The van der Waals surface area contributed by atoms with Crippen LogP contribution in [0.4, 0.5) is 5.69 Å². The van der Waals surface area contributed by atoms with Gasteiger partial charge in [0, 0.05) is 36.4 Å². The highest BCUT2D eigenvalue weighted by molar-refractivity contribution is 6.14. The summed E-state index contributed by atoms with van der Waals surface area (Å²) in [6.07, 6.45) is 0. The van der Waals surface area contributed by atoms with Crippen LogP contribution in [-0.2, 0) is 9.53 Å². The number of carbonyl (C=O) groups excluding carboxylic acids is 2. The number of rotatable bonds is 4. The van der Waals surface area contributed by atoms with Crippen LogP contribution in [0, 0.1) is 10.1 Å². The van der Waals surface area contributed by atoms with Crippen LogP contribution in [-0.4, -0.2) is 47.9 Å². The second-order valence-electron chi connectivity index (χ2n) is 8.01. The van der Waals surface area contributed by atoms with Gasteiger partial charge in [0.1, 0.15) is 5.70 Å². The van der Waals surface area contributed by atoms with E-state index in [9.17, 15) is 19.7 Å². The first-order chi connectivity index (χ1) is 16.5. The number of benzene rings is 3. The SMILES string of the molecule is O=C(NC(C(=O)N1CCOCC1)=C1c2ccccc2-c2ccc([N+](=O)[O-])cc21)c1ccccc1. The second kappa shape index (κ2) is 8.92. The molecular weight excluding hydrogens is 434 g/mol. The van der Waals surface area contributed by atoms with Crippen molar-refractivity contribution in [2.75, 3.05) is 26.3 Å². The molecule has 1 aliphatic heterocycles. The molecule has 3 aromatic rings. The highest BCUT2D eigenvalue weighted by atomic mass is 16.6. The van der Waals surface area contributed by atoms with Gasteiger partial charge in [-0.2, -0.15) is 0 Å². The molecule has 1 fully saturated rings. The second-order valence-corrected chi connectivity index (χ2v) is 8.01. The van der Waals surface area contributed by atoms with Crippen molar-refractivity contribution in [2.45, 2.75) is 0 Å². The van der Waals surface area contributed by atoms with E-state index in [-0.39, 0.29) is 17.3 Å². The minimum atomic E-state index is -0.465. The molecule has 8 heteroatoms. The van der Waals surface area contributed by atoms with Gasteiger partial charge in [0.05, 0.1) is 18.1 Å². The van der Waals surface area contributed by atoms with Gasteiger partial charge in [0.25, 0.3) is 17.5 Å². The summed E-state index contributed by atoms with van der Waals surface area (Å²) in [6.45, 7) is 1.58. The standard InChI is InChI=1S/C26H21N3O5/c30-25(17-6-2-1-3-7-17)27-24(26(31)28-12-14-34-15-13-28)23-21-9-5-4-8-19(21)20-11-10-18(29(32)33)16-22(20)23/h1-11,16H,12-15H2,(H,27,30). The van der Waals surface area contributed by atoms with E-state index in [1.54, 1.807) is 41.3 Å². The fourth-order valence-electron chi connectivity index (χ4n) is 4.36. The molecule has 0 saturated carbocycles. The Morgan fingerprint density at radius 2 is 1.50 bits per heavy atom. The summed E-state index contributed by atoms with van der Waals surface area (Å²) in [5, 5.41) is 14.4. The number of fused-ring (bicyclic) bond motifs is 3. The summed E-state index contributed by atoms with van der Waals surface area (Å²) in [7, 11) is 0. The maximum atomic E-state index is 13.8. The molecule has 2 amide bonds. The molecule has 1 heterocycles. The van der Waals surface area contributed by atoms with E-state index in [0.717, 1.165) is 16.7 Å². The Balaban J connectivity index is 1.71. The van der Waals surface area contributed by atoms with Gasteiger partial charge in [0.2, 0.25) is 0 Å². The third kappa shape index (κ3) is 3.84. The molecule has 0 bridgehead atoms. The number of carbonyl (C=O) groups is 2. The minimum Gasteiger partial charge on any atom is -0.378 e. The zero-order valence-corrected chi connectivity index (χ0v) is 18.2. The van der Waals surface area contributed by atoms with Crippen molar-refractivity contribution in [2.24, 2.45) is 0 Å². The fourth-order valence-corrected chi connectivity index (χ4v) is 4.36. The normalized spacial score (nSPS) is 15.8. The van der Waals surface area contributed by atoms with E-state index >= 15 is 0 Å². The fraction of sp³-hybridized carbons (Fsp3) is 0.154. The predicted molar refractivity (Wildman–Crippen MR) is 126 cm³/mol. The van der Waals surface area contributed by atoms with Crippen molar-refractivity contribution < 1.29 is 19.2 Å². The quantitative estimate of drug-likeness (QED) is 0.288. The van der Waals surface area contributed by atoms with Crippen molar-refractivity contribution >= 4 is 23.1 Å². The minimum absolute atomic E-state index is 0.0865. The lowest BCUT2D eigenvalue weighted by Crippen LogP contribution is -2.44. The predicted octanol–water partition coefficient (Wildman–Crippen LogP) is 3.62. The third-order valence-corrected chi connectivity index (χ3v) is 6.01. The summed E-state index contributed by atoms with van der Waals surface area (Å²) in [5.74, 6) is -0.780. The third-order valence-electron chi connectivity index (χ3n) is 6.01. The van der Waals surface area contributed by atoms with Crippen molar-refractivity contribution in [3.63, 3.8) is 0 Å². The maximum absolute atomic E-state index is 13.8. The van der Waals surface area contributed by atoms with Crippen LogP contribution in [0.15, 0.2) is 78.5 Å². The molecule has 1 aliphatic carbocycles. The first-order valence-corrected chi connectivity index (χ1v) is 10.9. The highest BCUT2D eigenvalue weighted by Crippen LogP contribution is 2.46. The smallest absolute Gasteiger partial charge is 0.271 e. The molecule has 3 aromatic carbocycles. The van der Waals surface area contributed by atoms with E-state index in [1.165, 1.54) is 12.1 Å². The average molecular weight is 455 g/mol. The number of non-ortho nitro benzene ring substituents is 1. The molecule has 1 saturated heterocycles. The number of ether oxygens (including phenoxy) is 1. The lowest BCUT2D eigenvalue weighted by atomic mass is 10.00. The zero-order valence-electron chi connectivity index (χ0n) is 18.2. The number of hydrogen-bond acceptors (Lipinski definition) is 5. The molecule has 34 heavy (non-hydrogen) atoms. The van der Waals surface area contributed by atoms with Crippen LogP contribution < -0.4 is 5.32 Å². The van der Waals surface area contributed by atoms with E-state index in [1.807, 2.05) is 24.3 Å². The molecular formula is C26H21N3O5. The molecule has 0 aromatic heterocycles. The summed E-state index contributed by atoms with van der Waals surface area (Å²) < 4.78 is 5.39. The van der Waals surface area contributed by atoms with Gasteiger partial charge in [-0.3, -0.25) is 19.7 Å². The van der Waals surface area contributed by atoms with Crippen LogP contribution in [0.1, 0.15) is 21.5 Å². The number of nitrogens with zero attached hydrogens (tertiary/aromatic N) is 2. The van der Waals surface area contributed by atoms with Gasteiger partial charge in [-0.15, -0.1) is 0 Å². The Morgan fingerprint density at radius 3 is 2.21 bits per heavy atom. The van der Waals surface area contributed by atoms with Crippen molar-refractivity contribution in [3.05, 3.63) is 105 Å². The Kier molecular flexibility index (Phi) is 5.65. The molecule has 0 atom stereocenters. The van der Waals surface area contributed by atoms with Crippen LogP contribution in [0.3, 0.4) is 0 Å². The Bertz CT molecular complexity index is 1330.